The summed E-state index contributed by atoms with van der Waals surface area (Å²) in [5, 5.41) is 10.7. The highest BCUT2D eigenvalue weighted by atomic mass is 16.6. The molecule has 92 valence electrons. The molecule has 1 aromatic carbocycles. The molecule has 2 rings (SSSR count). The molecular weight excluding hydrogens is 234 g/mol. The fraction of sp³-hybridized carbons (Fsp3) is 0.167. The number of benzene rings is 1. The second-order valence-electron chi connectivity index (χ2n) is 3.99. The summed E-state index contributed by atoms with van der Waals surface area (Å²) in [5.74, 6) is 0.348. The summed E-state index contributed by atoms with van der Waals surface area (Å²) in [5.41, 5.74) is 1.64. The van der Waals surface area contributed by atoms with Gasteiger partial charge in [0.05, 0.1) is 4.92 Å². The van der Waals surface area contributed by atoms with E-state index in [9.17, 15) is 14.9 Å². The van der Waals surface area contributed by atoms with E-state index < -0.39 is 4.92 Å². The number of nitrogens with one attached hydrogen (secondary N) is 1. The zero-order valence-electron chi connectivity index (χ0n) is 9.93. The molecule has 0 saturated heterocycles. The van der Waals surface area contributed by atoms with Crippen molar-refractivity contribution in [2.24, 2.45) is 0 Å². The van der Waals surface area contributed by atoms with E-state index in [2.05, 4.69) is 9.97 Å². The predicted octanol–water partition coefficient (Wildman–Crippen LogP) is 1.96. The van der Waals surface area contributed by atoms with Crippen molar-refractivity contribution >= 4 is 5.69 Å². The molecule has 0 unspecified atom stereocenters. The SMILES string of the molecule is Cc1cc(=O)[nH]c(-c2cc([N+](=O)[O-])ccc2C)n1. The minimum absolute atomic E-state index is 0.0280. The second-order valence-corrected chi connectivity index (χ2v) is 3.99. The van der Waals surface area contributed by atoms with E-state index in [1.165, 1.54) is 18.2 Å². The van der Waals surface area contributed by atoms with Crippen LogP contribution in [0.1, 0.15) is 11.3 Å². The van der Waals surface area contributed by atoms with E-state index in [1.54, 1.807) is 19.9 Å². The van der Waals surface area contributed by atoms with Gasteiger partial charge in [-0.15, -0.1) is 0 Å². The first-order valence-corrected chi connectivity index (χ1v) is 5.31. The molecule has 1 N–H and O–H groups in total. The lowest BCUT2D eigenvalue weighted by Crippen LogP contribution is -2.09. The van der Waals surface area contributed by atoms with Gasteiger partial charge in [-0.25, -0.2) is 4.98 Å². The molecule has 6 nitrogen and oxygen atoms in total. The Kier molecular flexibility index (Phi) is 2.93. The van der Waals surface area contributed by atoms with Gasteiger partial charge in [-0.3, -0.25) is 14.9 Å². The Morgan fingerprint density at radius 1 is 1.28 bits per heavy atom. The molecule has 0 aliphatic heterocycles. The van der Waals surface area contributed by atoms with Crippen molar-refractivity contribution in [3.63, 3.8) is 0 Å². The van der Waals surface area contributed by atoms with Crippen molar-refractivity contribution in [2.45, 2.75) is 13.8 Å². The molecule has 18 heavy (non-hydrogen) atoms. The van der Waals surface area contributed by atoms with Crippen molar-refractivity contribution < 1.29 is 4.92 Å². The second kappa shape index (κ2) is 4.40. The molecule has 0 atom stereocenters. The molecular formula is C12H11N3O3. The molecule has 0 fully saturated rings. The maximum Gasteiger partial charge on any atom is 0.270 e. The lowest BCUT2D eigenvalue weighted by Gasteiger charge is -2.05. The normalized spacial score (nSPS) is 10.3. The van der Waals surface area contributed by atoms with Crippen molar-refractivity contribution in [3.05, 3.63) is 56.0 Å². The third kappa shape index (κ3) is 2.27. The minimum atomic E-state index is -0.475. The number of nitro groups is 1. The number of hydrogen-bond donors (Lipinski definition) is 1. The fourth-order valence-corrected chi connectivity index (χ4v) is 1.69. The van der Waals surface area contributed by atoms with E-state index >= 15 is 0 Å². The van der Waals surface area contributed by atoms with Gasteiger partial charge in [0.15, 0.2) is 0 Å². The maximum absolute atomic E-state index is 11.4. The van der Waals surface area contributed by atoms with Crippen LogP contribution in [-0.4, -0.2) is 14.9 Å². The van der Waals surface area contributed by atoms with Crippen molar-refractivity contribution in [1.29, 1.82) is 0 Å². The molecule has 0 spiro atoms. The molecule has 0 aliphatic rings. The van der Waals surface area contributed by atoms with Gasteiger partial charge < -0.3 is 4.98 Å². The first-order chi connectivity index (χ1) is 8.47. The van der Waals surface area contributed by atoms with E-state index in [1.807, 2.05) is 0 Å². The maximum atomic E-state index is 11.4. The van der Waals surface area contributed by atoms with E-state index in [-0.39, 0.29) is 11.2 Å². The van der Waals surface area contributed by atoms with Gasteiger partial charge in [0.25, 0.3) is 11.2 Å². The van der Waals surface area contributed by atoms with Crippen molar-refractivity contribution in [1.82, 2.24) is 9.97 Å². The average molecular weight is 245 g/mol. The van der Waals surface area contributed by atoms with Gasteiger partial charge in [0.1, 0.15) is 5.82 Å². The lowest BCUT2D eigenvalue weighted by atomic mass is 10.1. The van der Waals surface area contributed by atoms with Gasteiger partial charge in [-0.05, 0) is 19.4 Å². The van der Waals surface area contributed by atoms with Gasteiger partial charge in [0, 0.05) is 29.5 Å². The molecule has 0 bridgehead atoms. The molecule has 1 aromatic heterocycles. The fourth-order valence-electron chi connectivity index (χ4n) is 1.69. The van der Waals surface area contributed by atoms with Crippen LogP contribution in [0.4, 0.5) is 5.69 Å². The number of H-pyrrole nitrogens is 1. The first kappa shape index (κ1) is 12.0. The Morgan fingerprint density at radius 3 is 2.61 bits per heavy atom. The average Bonchev–Trinajstić information content (AvgIpc) is 2.27. The summed E-state index contributed by atoms with van der Waals surface area (Å²) in [7, 11) is 0. The van der Waals surface area contributed by atoms with Crippen LogP contribution in [0.2, 0.25) is 0 Å². The largest absolute Gasteiger partial charge is 0.307 e. The Labute approximate surface area is 102 Å². The molecule has 0 saturated carbocycles. The number of nitrogens with zero attached hydrogens (tertiary/aromatic N) is 2. The molecule has 1 heterocycles. The molecule has 6 heteroatoms. The zero-order valence-corrected chi connectivity index (χ0v) is 9.93. The van der Waals surface area contributed by atoms with E-state index in [0.29, 0.717) is 17.1 Å². The van der Waals surface area contributed by atoms with Gasteiger partial charge in [-0.1, -0.05) is 6.07 Å². The smallest absolute Gasteiger partial charge is 0.270 e. The minimum Gasteiger partial charge on any atom is -0.307 e. The highest BCUT2D eigenvalue weighted by Gasteiger charge is 2.12. The predicted molar refractivity (Wildman–Crippen MR) is 66.4 cm³/mol. The van der Waals surface area contributed by atoms with Crippen LogP contribution in [0.15, 0.2) is 29.1 Å². The monoisotopic (exact) mass is 245 g/mol. The van der Waals surface area contributed by atoms with Gasteiger partial charge in [-0.2, -0.15) is 0 Å². The van der Waals surface area contributed by atoms with Crippen LogP contribution in [0.5, 0.6) is 0 Å². The molecule has 0 amide bonds. The molecule has 2 aromatic rings. The standard InChI is InChI=1S/C12H11N3O3/c1-7-3-4-9(15(17)18)6-10(7)12-13-8(2)5-11(16)14-12/h3-6H,1-2H3,(H,13,14,16). The van der Waals surface area contributed by atoms with Gasteiger partial charge >= 0.3 is 0 Å². The third-order valence-electron chi connectivity index (χ3n) is 2.56. The summed E-state index contributed by atoms with van der Waals surface area (Å²) in [4.78, 5) is 28.4. The highest BCUT2D eigenvalue weighted by Crippen LogP contribution is 2.24. The summed E-state index contributed by atoms with van der Waals surface area (Å²) >= 11 is 0. The zero-order chi connectivity index (χ0) is 13.3. The van der Waals surface area contributed by atoms with E-state index in [0.717, 1.165) is 5.56 Å². The van der Waals surface area contributed by atoms with Crippen LogP contribution < -0.4 is 5.56 Å². The van der Waals surface area contributed by atoms with Crippen molar-refractivity contribution in [3.8, 4) is 11.4 Å². The van der Waals surface area contributed by atoms with Crippen LogP contribution >= 0.6 is 0 Å². The number of aromatic nitrogens is 2. The van der Waals surface area contributed by atoms with Gasteiger partial charge in [0.2, 0.25) is 0 Å². The lowest BCUT2D eigenvalue weighted by molar-refractivity contribution is -0.384. The quantitative estimate of drug-likeness (QED) is 0.647. The van der Waals surface area contributed by atoms with Crippen LogP contribution in [0, 0.1) is 24.0 Å². The number of hydrogen-bond acceptors (Lipinski definition) is 4. The first-order valence-electron chi connectivity index (χ1n) is 5.31. The third-order valence-corrected chi connectivity index (χ3v) is 2.56. The molecule has 0 radical (unpaired) electrons. The number of rotatable bonds is 2. The Morgan fingerprint density at radius 2 is 2.00 bits per heavy atom. The van der Waals surface area contributed by atoms with Crippen LogP contribution in [-0.2, 0) is 0 Å². The Bertz CT molecular complexity index is 677. The summed E-state index contributed by atoms with van der Waals surface area (Å²) in [6.45, 7) is 3.51. The highest BCUT2D eigenvalue weighted by molar-refractivity contribution is 5.63. The van der Waals surface area contributed by atoms with Crippen LogP contribution in [0.25, 0.3) is 11.4 Å². The van der Waals surface area contributed by atoms with Crippen LogP contribution in [0.3, 0.4) is 0 Å². The Hall–Kier alpha value is -2.50. The topological polar surface area (TPSA) is 88.9 Å². The number of nitro benzene ring substituents is 1. The number of non-ortho nitro benzene ring substituents is 1. The summed E-state index contributed by atoms with van der Waals surface area (Å²) < 4.78 is 0. The number of aromatic amines is 1. The number of aryl methyl sites for hydroxylation is 2. The summed E-state index contributed by atoms with van der Waals surface area (Å²) in [6.07, 6.45) is 0. The molecule has 0 aliphatic carbocycles. The Balaban J connectivity index is 2.65. The van der Waals surface area contributed by atoms with Crippen molar-refractivity contribution in [2.75, 3.05) is 0 Å². The van der Waals surface area contributed by atoms with E-state index in [4.69, 9.17) is 0 Å². The summed E-state index contributed by atoms with van der Waals surface area (Å²) in [6, 6.07) is 5.84.